The minimum Gasteiger partial charge on any atom is -0.444 e. The fourth-order valence-corrected chi connectivity index (χ4v) is 5.49. The SMILES string of the molecule is C[C@H]1C=CCN(C(=O)OC(C)(C)C)[C@@H]1[Si](C)(C)C. The number of carbonyl (C=O) groups is 1. The second kappa shape index (κ2) is 5.08. The summed E-state index contributed by atoms with van der Waals surface area (Å²) < 4.78 is 5.53. The molecule has 104 valence electrons. The predicted octanol–water partition coefficient (Wildman–Crippen LogP) is 3.68. The zero-order valence-corrected chi connectivity index (χ0v) is 13.8. The number of amides is 1. The Labute approximate surface area is 112 Å². The van der Waals surface area contributed by atoms with Crippen molar-refractivity contribution in [3.8, 4) is 0 Å². The van der Waals surface area contributed by atoms with E-state index in [1.165, 1.54) is 0 Å². The van der Waals surface area contributed by atoms with Crippen molar-refractivity contribution in [1.82, 2.24) is 4.90 Å². The lowest BCUT2D eigenvalue weighted by Crippen LogP contribution is -2.58. The van der Waals surface area contributed by atoms with Crippen molar-refractivity contribution in [1.29, 1.82) is 0 Å². The monoisotopic (exact) mass is 269 g/mol. The molecule has 1 aliphatic rings. The fourth-order valence-electron chi connectivity index (χ4n) is 2.66. The number of hydrogen-bond acceptors (Lipinski definition) is 2. The molecule has 1 amide bonds. The number of nitrogens with zero attached hydrogens (tertiary/aromatic N) is 1. The van der Waals surface area contributed by atoms with Crippen LogP contribution < -0.4 is 0 Å². The molecule has 0 aliphatic carbocycles. The summed E-state index contributed by atoms with van der Waals surface area (Å²) in [7, 11) is -1.45. The molecule has 0 bridgehead atoms. The second-order valence-electron chi connectivity index (χ2n) is 7.23. The molecule has 1 heterocycles. The first-order valence-electron chi connectivity index (χ1n) is 6.68. The van der Waals surface area contributed by atoms with Gasteiger partial charge < -0.3 is 9.64 Å². The van der Waals surface area contributed by atoms with Crippen molar-refractivity contribution in [2.75, 3.05) is 6.54 Å². The molecule has 4 heteroatoms. The third kappa shape index (κ3) is 3.87. The van der Waals surface area contributed by atoms with Gasteiger partial charge in [-0.25, -0.2) is 4.79 Å². The highest BCUT2D eigenvalue weighted by atomic mass is 28.3. The Balaban J connectivity index is 2.92. The first-order valence-corrected chi connectivity index (χ1v) is 10.3. The van der Waals surface area contributed by atoms with Gasteiger partial charge >= 0.3 is 6.09 Å². The average molecular weight is 269 g/mol. The van der Waals surface area contributed by atoms with Gasteiger partial charge in [0.05, 0.1) is 8.07 Å². The first-order chi connectivity index (χ1) is 8.02. The zero-order chi connectivity index (χ0) is 14.1. The summed E-state index contributed by atoms with van der Waals surface area (Å²) in [6, 6.07) is 0. The first kappa shape index (κ1) is 15.3. The molecule has 0 aromatic heterocycles. The minimum atomic E-state index is -1.45. The Bertz CT molecular complexity index is 339. The smallest absolute Gasteiger partial charge is 0.410 e. The Morgan fingerprint density at radius 3 is 2.33 bits per heavy atom. The van der Waals surface area contributed by atoms with Crippen molar-refractivity contribution in [3.05, 3.63) is 12.2 Å². The maximum absolute atomic E-state index is 12.3. The largest absolute Gasteiger partial charge is 0.444 e. The lowest BCUT2D eigenvalue weighted by Gasteiger charge is -2.44. The van der Waals surface area contributed by atoms with Gasteiger partial charge in [0.15, 0.2) is 0 Å². The summed E-state index contributed by atoms with van der Waals surface area (Å²) >= 11 is 0. The van der Waals surface area contributed by atoms with E-state index in [-0.39, 0.29) is 6.09 Å². The summed E-state index contributed by atoms with van der Waals surface area (Å²) in [4.78, 5) is 14.2. The molecule has 18 heavy (non-hydrogen) atoms. The van der Waals surface area contributed by atoms with E-state index in [9.17, 15) is 4.79 Å². The molecule has 0 saturated carbocycles. The Hall–Kier alpha value is -0.773. The highest BCUT2D eigenvalue weighted by molar-refractivity contribution is 6.77. The predicted molar refractivity (Wildman–Crippen MR) is 78.4 cm³/mol. The van der Waals surface area contributed by atoms with Gasteiger partial charge in [0.25, 0.3) is 0 Å². The zero-order valence-electron chi connectivity index (χ0n) is 12.8. The quantitative estimate of drug-likeness (QED) is 0.537. The maximum atomic E-state index is 12.3. The Kier molecular flexibility index (Phi) is 4.31. The topological polar surface area (TPSA) is 29.5 Å². The van der Waals surface area contributed by atoms with Crippen LogP contribution in [0.4, 0.5) is 4.79 Å². The van der Waals surface area contributed by atoms with Gasteiger partial charge in [-0.1, -0.05) is 38.7 Å². The molecular weight excluding hydrogens is 242 g/mol. The van der Waals surface area contributed by atoms with Gasteiger partial charge in [-0.2, -0.15) is 0 Å². The van der Waals surface area contributed by atoms with Crippen molar-refractivity contribution in [2.24, 2.45) is 5.92 Å². The van der Waals surface area contributed by atoms with E-state index in [4.69, 9.17) is 4.74 Å². The molecule has 1 aliphatic heterocycles. The number of carbonyl (C=O) groups excluding carboxylic acids is 1. The average Bonchev–Trinajstić information content (AvgIpc) is 2.12. The van der Waals surface area contributed by atoms with Gasteiger partial charge in [0.1, 0.15) is 5.60 Å². The van der Waals surface area contributed by atoms with Crippen LogP contribution in [0.5, 0.6) is 0 Å². The summed E-state index contributed by atoms with van der Waals surface area (Å²) in [5, 5.41) is 0. The highest BCUT2D eigenvalue weighted by Crippen LogP contribution is 2.28. The molecule has 0 N–H and O–H groups in total. The molecular formula is C14H27NO2Si. The van der Waals surface area contributed by atoms with E-state index in [1.54, 1.807) is 0 Å². The second-order valence-corrected chi connectivity index (χ2v) is 12.6. The van der Waals surface area contributed by atoms with Gasteiger partial charge in [0, 0.05) is 12.2 Å². The third-order valence-electron chi connectivity index (χ3n) is 3.09. The summed E-state index contributed by atoms with van der Waals surface area (Å²) in [5.74, 6) is 0.415. The van der Waals surface area contributed by atoms with Gasteiger partial charge in [-0.05, 0) is 26.7 Å². The summed E-state index contributed by atoms with van der Waals surface area (Å²) in [5.41, 5.74) is -0.108. The fraction of sp³-hybridized carbons (Fsp3) is 0.786. The Morgan fingerprint density at radius 2 is 1.89 bits per heavy atom. The van der Waals surface area contributed by atoms with E-state index in [0.717, 1.165) is 0 Å². The van der Waals surface area contributed by atoms with E-state index < -0.39 is 13.7 Å². The normalized spacial score (nSPS) is 25.2. The molecule has 0 fully saturated rings. The van der Waals surface area contributed by atoms with Crippen LogP contribution in [0, 0.1) is 5.92 Å². The molecule has 0 aromatic carbocycles. The van der Waals surface area contributed by atoms with E-state index in [0.29, 0.717) is 18.1 Å². The van der Waals surface area contributed by atoms with Gasteiger partial charge in [0.2, 0.25) is 0 Å². The van der Waals surface area contributed by atoms with E-state index in [1.807, 2.05) is 25.7 Å². The van der Waals surface area contributed by atoms with E-state index >= 15 is 0 Å². The molecule has 2 atom stereocenters. The van der Waals surface area contributed by atoms with Crippen molar-refractivity contribution < 1.29 is 9.53 Å². The van der Waals surface area contributed by atoms with Crippen molar-refractivity contribution >= 4 is 14.2 Å². The highest BCUT2D eigenvalue weighted by Gasteiger charge is 2.40. The standard InChI is InChI=1S/C14H27NO2Si/c1-11-9-8-10-15(12(11)18(5,6)7)13(16)17-14(2,3)4/h8-9,11-12H,10H2,1-7H3/t11-,12+/m0/s1. The lowest BCUT2D eigenvalue weighted by molar-refractivity contribution is 0.0204. The molecule has 0 aromatic rings. The molecule has 3 nitrogen and oxygen atoms in total. The van der Waals surface area contributed by atoms with Crippen LogP contribution in [-0.2, 0) is 4.74 Å². The van der Waals surface area contributed by atoms with Gasteiger partial charge in [-0.15, -0.1) is 0 Å². The maximum Gasteiger partial charge on any atom is 0.410 e. The third-order valence-corrected chi connectivity index (χ3v) is 5.70. The van der Waals surface area contributed by atoms with Crippen LogP contribution in [0.1, 0.15) is 27.7 Å². The molecule has 1 rings (SSSR count). The van der Waals surface area contributed by atoms with Crippen LogP contribution in [0.25, 0.3) is 0 Å². The van der Waals surface area contributed by atoms with Crippen molar-refractivity contribution in [2.45, 2.75) is 58.6 Å². The van der Waals surface area contributed by atoms with E-state index in [2.05, 4.69) is 38.7 Å². The van der Waals surface area contributed by atoms with Crippen LogP contribution >= 0.6 is 0 Å². The molecule has 0 unspecified atom stereocenters. The van der Waals surface area contributed by atoms with Gasteiger partial charge in [-0.3, -0.25) is 0 Å². The molecule has 0 radical (unpaired) electrons. The summed E-state index contributed by atoms with van der Waals surface area (Å²) in [6.07, 6.45) is 4.13. The van der Waals surface area contributed by atoms with Crippen molar-refractivity contribution in [3.63, 3.8) is 0 Å². The summed E-state index contributed by atoms with van der Waals surface area (Å²) in [6.45, 7) is 15.5. The number of ether oxygens (including phenoxy) is 1. The van der Waals surface area contributed by atoms with Crippen LogP contribution in [-0.4, -0.2) is 36.9 Å². The molecule has 0 spiro atoms. The van der Waals surface area contributed by atoms with Crippen LogP contribution in [0.15, 0.2) is 12.2 Å². The Morgan fingerprint density at radius 1 is 1.33 bits per heavy atom. The van der Waals surface area contributed by atoms with Crippen LogP contribution in [0.2, 0.25) is 19.6 Å². The lowest BCUT2D eigenvalue weighted by atomic mass is 10.1. The van der Waals surface area contributed by atoms with Crippen LogP contribution in [0.3, 0.4) is 0 Å². The number of hydrogen-bond donors (Lipinski definition) is 0. The number of rotatable bonds is 1. The molecule has 0 saturated heterocycles. The minimum absolute atomic E-state index is 0.175.